The van der Waals surface area contributed by atoms with E-state index in [0.29, 0.717) is 6.61 Å². The molecule has 1 aromatic heterocycles. The van der Waals surface area contributed by atoms with Crippen molar-refractivity contribution in [2.24, 2.45) is 7.05 Å². The fourth-order valence-electron chi connectivity index (χ4n) is 3.56. The molecule has 2 aromatic carbocycles. The molecule has 3 aromatic rings. The highest BCUT2D eigenvalue weighted by Gasteiger charge is 2.19. The highest BCUT2D eigenvalue weighted by Crippen LogP contribution is 2.23. The van der Waals surface area contributed by atoms with Crippen molar-refractivity contribution in [3.63, 3.8) is 0 Å². The normalized spacial score (nSPS) is 14.8. The lowest BCUT2D eigenvalue weighted by molar-refractivity contribution is 0.109. The summed E-state index contributed by atoms with van der Waals surface area (Å²) in [5, 5.41) is 8.28. The summed E-state index contributed by atoms with van der Waals surface area (Å²) in [5.74, 6) is 0. The maximum absolute atomic E-state index is 5.62. The van der Waals surface area contributed by atoms with E-state index in [9.17, 15) is 0 Å². The molecule has 0 saturated carbocycles. The minimum absolute atomic E-state index is 0.273. The van der Waals surface area contributed by atoms with Gasteiger partial charge in [0.05, 0.1) is 24.6 Å². The molecule has 1 aliphatic rings. The number of nitrogens with one attached hydrogen (secondary N) is 1. The highest BCUT2D eigenvalue weighted by atomic mass is 16.5. The van der Waals surface area contributed by atoms with Crippen LogP contribution in [0.15, 0.2) is 54.6 Å². The summed E-state index contributed by atoms with van der Waals surface area (Å²) in [4.78, 5) is 0. The second kappa shape index (κ2) is 7.44. The van der Waals surface area contributed by atoms with Gasteiger partial charge in [0.1, 0.15) is 0 Å². The molecule has 0 bridgehead atoms. The second-order valence-corrected chi connectivity index (χ2v) is 6.89. The standard InChI is InChI=1S/C22H25N3O/c1-16(17-8-10-19(11-9-17)18-6-4-3-5-7-18)23-14-22-20-15-26-13-12-21(20)24-25(22)2/h3-11,16,23H,12-15H2,1-2H3/t16-/m1/s1. The van der Waals surface area contributed by atoms with Gasteiger partial charge in [0.2, 0.25) is 0 Å². The van der Waals surface area contributed by atoms with Crippen molar-refractivity contribution < 1.29 is 4.74 Å². The predicted octanol–water partition coefficient (Wildman–Crippen LogP) is 4.01. The molecule has 4 heteroatoms. The number of rotatable bonds is 5. The van der Waals surface area contributed by atoms with E-state index in [4.69, 9.17) is 4.74 Å². The smallest absolute Gasteiger partial charge is 0.0753 e. The molecule has 0 spiro atoms. The molecule has 134 valence electrons. The Hall–Kier alpha value is -2.43. The van der Waals surface area contributed by atoms with Crippen molar-refractivity contribution in [2.45, 2.75) is 32.5 Å². The van der Waals surface area contributed by atoms with Crippen molar-refractivity contribution >= 4 is 0 Å². The molecule has 4 nitrogen and oxygen atoms in total. The van der Waals surface area contributed by atoms with Gasteiger partial charge in [-0.2, -0.15) is 5.10 Å². The summed E-state index contributed by atoms with van der Waals surface area (Å²) in [6.07, 6.45) is 0.916. The number of aromatic nitrogens is 2. The zero-order chi connectivity index (χ0) is 17.9. The lowest BCUT2D eigenvalue weighted by Gasteiger charge is -2.17. The van der Waals surface area contributed by atoms with E-state index in [1.807, 2.05) is 17.8 Å². The third-order valence-electron chi connectivity index (χ3n) is 5.18. The van der Waals surface area contributed by atoms with Gasteiger partial charge in [-0.05, 0) is 23.6 Å². The SMILES string of the molecule is C[C@@H](NCc1c2c(nn1C)CCOC2)c1ccc(-c2ccccc2)cc1. The van der Waals surface area contributed by atoms with Gasteiger partial charge in [0.15, 0.2) is 0 Å². The number of hydrogen-bond acceptors (Lipinski definition) is 3. The van der Waals surface area contributed by atoms with Crippen molar-refractivity contribution in [3.05, 3.63) is 77.1 Å². The Morgan fingerprint density at radius 1 is 1.08 bits per heavy atom. The van der Waals surface area contributed by atoms with Crippen molar-refractivity contribution in [1.29, 1.82) is 0 Å². The van der Waals surface area contributed by atoms with E-state index in [1.54, 1.807) is 0 Å². The van der Waals surface area contributed by atoms with Gasteiger partial charge >= 0.3 is 0 Å². The Bertz CT molecular complexity index is 868. The quantitative estimate of drug-likeness (QED) is 0.758. The largest absolute Gasteiger partial charge is 0.376 e. The molecular formula is C22H25N3O. The Morgan fingerprint density at radius 2 is 1.81 bits per heavy atom. The van der Waals surface area contributed by atoms with Crippen LogP contribution < -0.4 is 5.32 Å². The maximum atomic E-state index is 5.62. The summed E-state index contributed by atoms with van der Waals surface area (Å²) >= 11 is 0. The monoisotopic (exact) mass is 347 g/mol. The van der Waals surface area contributed by atoms with Crippen LogP contribution in [0.25, 0.3) is 11.1 Å². The number of hydrogen-bond donors (Lipinski definition) is 1. The van der Waals surface area contributed by atoms with Gasteiger partial charge in [-0.3, -0.25) is 4.68 Å². The topological polar surface area (TPSA) is 39.1 Å². The first kappa shape index (κ1) is 17.0. The molecule has 0 aliphatic carbocycles. The van der Waals surface area contributed by atoms with Crippen LogP contribution in [0, 0.1) is 0 Å². The van der Waals surface area contributed by atoms with Crippen LogP contribution in [0.3, 0.4) is 0 Å². The van der Waals surface area contributed by atoms with Crippen molar-refractivity contribution in [2.75, 3.05) is 6.61 Å². The number of fused-ring (bicyclic) bond motifs is 1. The van der Waals surface area contributed by atoms with Gasteiger partial charge in [0.25, 0.3) is 0 Å². The zero-order valence-corrected chi connectivity index (χ0v) is 15.4. The van der Waals surface area contributed by atoms with Crippen LogP contribution in [-0.2, 0) is 31.4 Å². The van der Waals surface area contributed by atoms with E-state index < -0.39 is 0 Å². The first-order chi connectivity index (χ1) is 12.7. The van der Waals surface area contributed by atoms with Crippen LogP contribution in [0.2, 0.25) is 0 Å². The van der Waals surface area contributed by atoms with Crippen LogP contribution in [-0.4, -0.2) is 16.4 Å². The summed E-state index contributed by atoms with van der Waals surface area (Å²) < 4.78 is 7.61. The Morgan fingerprint density at radius 3 is 2.58 bits per heavy atom. The minimum Gasteiger partial charge on any atom is -0.376 e. The van der Waals surface area contributed by atoms with Gasteiger partial charge in [-0.1, -0.05) is 54.6 Å². The zero-order valence-electron chi connectivity index (χ0n) is 15.4. The van der Waals surface area contributed by atoms with E-state index in [1.165, 1.54) is 33.6 Å². The summed E-state index contributed by atoms with van der Waals surface area (Å²) in [6, 6.07) is 19.6. The van der Waals surface area contributed by atoms with Crippen LogP contribution >= 0.6 is 0 Å². The van der Waals surface area contributed by atoms with Gasteiger partial charge in [-0.25, -0.2) is 0 Å². The molecule has 4 rings (SSSR count). The number of benzene rings is 2. The van der Waals surface area contributed by atoms with Crippen LogP contribution in [0.1, 0.15) is 35.5 Å². The minimum atomic E-state index is 0.273. The first-order valence-corrected chi connectivity index (χ1v) is 9.22. The third-order valence-corrected chi connectivity index (χ3v) is 5.18. The van der Waals surface area contributed by atoms with Crippen LogP contribution in [0.4, 0.5) is 0 Å². The van der Waals surface area contributed by atoms with E-state index >= 15 is 0 Å². The molecule has 0 unspecified atom stereocenters. The number of nitrogens with zero attached hydrogens (tertiary/aromatic N) is 2. The van der Waals surface area contributed by atoms with E-state index in [0.717, 1.165) is 19.6 Å². The highest BCUT2D eigenvalue weighted by molar-refractivity contribution is 5.63. The lowest BCUT2D eigenvalue weighted by Crippen LogP contribution is -2.21. The van der Waals surface area contributed by atoms with Crippen molar-refractivity contribution in [3.8, 4) is 11.1 Å². The summed E-state index contributed by atoms with van der Waals surface area (Å²) in [7, 11) is 2.02. The first-order valence-electron chi connectivity index (χ1n) is 9.22. The number of aryl methyl sites for hydroxylation is 1. The summed E-state index contributed by atoms with van der Waals surface area (Å²) in [5.41, 5.74) is 7.47. The molecule has 26 heavy (non-hydrogen) atoms. The molecule has 1 aliphatic heterocycles. The Labute approximate surface area is 154 Å². The van der Waals surface area contributed by atoms with Gasteiger partial charge < -0.3 is 10.1 Å². The van der Waals surface area contributed by atoms with E-state index in [2.05, 4.69) is 65.9 Å². The molecule has 1 atom stereocenters. The Balaban J connectivity index is 1.44. The molecule has 2 heterocycles. The van der Waals surface area contributed by atoms with Gasteiger partial charge in [0, 0.05) is 31.6 Å². The maximum Gasteiger partial charge on any atom is 0.0753 e. The van der Waals surface area contributed by atoms with Crippen molar-refractivity contribution in [1.82, 2.24) is 15.1 Å². The number of ether oxygens (including phenoxy) is 1. The van der Waals surface area contributed by atoms with Crippen LogP contribution in [0.5, 0.6) is 0 Å². The lowest BCUT2D eigenvalue weighted by atomic mass is 10.0. The fourth-order valence-corrected chi connectivity index (χ4v) is 3.56. The molecule has 0 fully saturated rings. The molecule has 0 amide bonds. The predicted molar refractivity (Wildman–Crippen MR) is 104 cm³/mol. The molecule has 0 radical (unpaired) electrons. The fraction of sp³-hybridized carbons (Fsp3) is 0.318. The summed E-state index contributed by atoms with van der Waals surface area (Å²) in [6.45, 7) is 4.46. The molecular weight excluding hydrogens is 322 g/mol. The average molecular weight is 347 g/mol. The molecule has 1 N–H and O–H groups in total. The average Bonchev–Trinajstić information content (AvgIpc) is 3.02. The Kier molecular flexibility index (Phi) is 4.87. The van der Waals surface area contributed by atoms with E-state index in [-0.39, 0.29) is 6.04 Å². The molecule has 0 saturated heterocycles. The third kappa shape index (κ3) is 3.43. The van der Waals surface area contributed by atoms with Gasteiger partial charge in [-0.15, -0.1) is 0 Å². The second-order valence-electron chi connectivity index (χ2n) is 6.89.